The molecule has 1 atom stereocenters. The molecule has 0 aromatic carbocycles. The van der Waals surface area contributed by atoms with Crippen molar-refractivity contribution in [2.45, 2.75) is 52.0 Å². The van der Waals surface area contributed by atoms with Gasteiger partial charge in [0.05, 0.1) is 0 Å². The Hall–Kier alpha value is -2.21. The normalized spacial score (nSPS) is 20.2. The number of nitrogens with one attached hydrogen (secondary N) is 1. The number of fused-ring (bicyclic) bond motifs is 1. The average Bonchev–Trinajstić information content (AvgIpc) is 3.00. The second-order valence-corrected chi connectivity index (χ2v) is 7.29. The number of thiocarbonyl (C=S) groups is 1. The van der Waals surface area contributed by atoms with Gasteiger partial charge >= 0.3 is 0 Å². The predicted octanol–water partition coefficient (Wildman–Crippen LogP) is 3.15. The number of aromatic nitrogens is 1. The zero-order valence-electron chi connectivity index (χ0n) is 15.4. The summed E-state index contributed by atoms with van der Waals surface area (Å²) in [7, 11) is 0. The van der Waals surface area contributed by atoms with E-state index < -0.39 is 5.91 Å². The highest BCUT2D eigenvalue weighted by molar-refractivity contribution is 7.80. The Morgan fingerprint density at radius 1 is 1.35 bits per heavy atom. The number of rotatable bonds is 5. The molecule has 0 bridgehead atoms. The molecule has 1 N–H and O–H groups in total. The van der Waals surface area contributed by atoms with Gasteiger partial charge in [-0.15, -0.1) is 6.58 Å². The average molecular weight is 372 g/mol. The third-order valence-corrected chi connectivity index (χ3v) is 5.56. The van der Waals surface area contributed by atoms with Crippen molar-refractivity contribution in [3.8, 4) is 0 Å². The molecule has 1 aromatic heterocycles. The Morgan fingerprint density at radius 3 is 2.77 bits per heavy atom. The van der Waals surface area contributed by atoms with Crippen molar-refractivity contribution in [3.63, 3.8) is 0 Å². The SMILES string of the molecule is C=CCN1C(=O)/C(=C/c2cn(C(C)CC)c3c2CCCC3)C(=O)NC1=S. The zero-order chi connectivity index (χ0) is 18.8. The highest BCUT2D eigenvalue weighted by Gasteiger charge is 2.33. The van der Waals surface area contributed by atoms with Crippen LogP contribution in [0.1, 0.15) is 56.0 Å². The lowest BCUT2D eigenvalue weighted by Gasteiger charge is -2.27. The molecule has 1 aliphatic heterocycles. The van der Waals surface area contributed by atoms with Gasteiger partial charge in [0.15, 0.2) is 5.11 Å². The molecule has 6 heteroatoms. The largest absolute Gasteiger partial charge is 0.348 e. The molecule has 1 saturated heterocycles. The van der Waals surface area contributed by atoms with E-state index in [9.17, 15) is 9.59 Å². The molecule has 138 valence electrons. The molecular weight excluding hydrogens is 346 g/mol. The number of carbonyl (C=O) groups is 2. The predicted molar refractivity (Wildman–Crippen MR) is 107 cm³/mol. The second kappa shape index (κ2) is 7.58. The van der Waals surface area contributed by atoms with Crippen molar-refractivity contribution in [3.05, 3.63) is 41.2 Å². The summed E-state index contributed by atoms with van der Waals surface area (Å²) in [5.74, 6) is -0.791. The van der Waals surface area contributed by atoms with Gasteiger partial charge in [0.1, 0.15) is 5.57 Å². The zero-order valence-corrected chi connectivity index (χ0v) is 16.2. The minimum absolute atomic E-state index is 0.134. The third kappa shape index (κ3) is 3.26. The van der Waals surface area contributed by atoms with Gasteiger partial charge in [-0.25, -0.2) is 0 Å². The van der Waals surface area contributed by atoms with E-state index in [1.54, 1.807) is 12.2 Å². The lowest BCUT2D eigenvalue weighted by Crippen LogP contribution is -2.53. The summed E-state index contributed by atoms with van der Waals surface area (Å²) in [4.78, 5) is 26.5. The molecule has 1 aromatic rings. The summed E-state index contributed by atoms with van der Waals surface area (Å²) >= 11 is 5.11. The van der Waals surface area contributed by atoms with Crippen LogP contribution in [0.3, 0.4) is 0 Å². The van der Waals surface area contributed by atoms with E-state index >= 15 is 0 Å². The van der Waals surface area contributed by atoms with Gasteiger partial charge in [-0.05, 0) is 68.4 Å². The first-order valence-electron chi connectivity index (χ1n) is 9.20. The smallest absolute Gasteiger partial charge is 0.265 e. The molecule has 3 rings (SSSR count). The van der Waals surface area contributed by atoms with Crippen molar-refractivity contribution in [1.29, 1.82) is 0 Å². The lowest BCUT2D eigenvalue weighted by atomic mass is 9.93. The van der Waals surface area contributed by atoms with Crippen LogP contribution >= 0.6 is 12.2 Å². The van der Waals surface area contributed by atoms with Crippen LogP contribution in [0.25, 0.3) is 6.08 Å². The first kappa shape index (κ1) is 18.6. The van der Waals surface area contributed by atoms with Gasteiger partial charge in [0, 0.05) is 24.5 Å². The Kier molecular flexibility index (Phi) is 5.41. The van der Waals surface area contributed by atoms with Crippen molar-refractivity contribution in [2.75, 3.05) is 6.54 Å². The molecule has 1 fully saturated rings. The van der Waals surface area contributed by atoms with Gasteiger partial charge in [0.25, 0.3) is 11.8 Å². The van der Waals surface area contributed by atoms with Gasteiger partial charge in [-0.3, -0.25) is 19.8 Å². The second-order valence-electron chi connectivity index (χ2n) is 6.90. The maximum atomic E-state index is 12.8. The molecule has 2 amide bonds. The molecule has 26 heavy (non-hydrogen) atoms. The summed E-state index contributed by atoms with van der Waals surface area (Å²) in [6, 6.07) is 0.398. The Morgan fingerprint density at radius 2 is 2.08 bits per heavy atom. The van der Waals surface area contributed by atoms with Crippen LogP contribution in [0, 0.1) is 0 Å². The highest BCUT2D eigenvalue weighted by Crippen LogP contribution is 2.31. The van der Waals surface area contributed by atoms with E-state index in [2.05, 4.69) is 36.5 Å². The summed E-state index contributed by atoms with van der Waals surface area (Å²) < 4.78 is 2.32. The summed E-state index contributed by atoms with van der Waals surface area (Å²) in [5.41, 5.74) is 3.73. The Balaban J connectivity index is 2.04. The van der Waals surface area contributed by atoms with Crippen molar-refractivity contribution in [2.24, 2.45) is 0 Å². The van der Waals surface area contributed by atoms with Gasteiger partial charge in [0.2, 0.25) is 0 Å². The quantitative estimate of drug-likeness (QED) is 0.374. The van der Waals surface area contributed by atoms with Crippen LogP contribution < -0.4 is 5.32 Å². The monoisotopic (exact) mass is 371 g/mol. The van der Waals surface area contributed by atoms with Crippen LogP contribution in [0.5, 0.6) is 0 Å². The van der Waals surface area contributed by atoms with Crippen molar-refractivity contribution in [1.82, 2.24) is 14.8 Å². The minimum atomic E-state index is -0.429. The molecule has 5 nitrogen and oxygen atoms in total. The number of amides is 2. The van der Waals surface area contributed by atoms with Crippen LogP contribution in [0.2, 0.25) is 0 Å². The molecule has 2 heterocycles. The fourth-order valence-electron chi connectivity index (χ4n) is 3.65. The van der Waals surface area contributed by atoms with Crippen LogP contribution in [-0.2, 0) is 22.4 Å². The summed E-state index contributed by atoms with van der Waals surface area (Å²) in [6.07, 6.45) is 10.8. The van der Waals surface area contributed by atoms with Crippen LogP contribution in [-0.4, -0.2) is 32.9 Å². The van der Waals surface area contributed by atoms with Crippen LogP contribution in [0.4, 0.5) is 0 Å². The topological polar surface area (TPSA) is 54.3 Å². The molecule has 1 unspecified atom stereocenters. The van der Waals surface area contributed by atoms with Gasteiger partial charge in [-0.2, -0.15) is 0 Å². The van der Waals surface area contributed by atoms with E-state index in [0.717, 1.165) is 31.2 Å². The number of hydrogen-bond acceptors (Lipinski definition) is 3. The van der Waals surface area contributed by atoms with Gasteiger partial charge < -0.3 is 4.57 Å². The minimum Gasteiger partial charge on any atom is -0.348 e. The maximum Gasteiger partial charge on any atom is 0.265 e. The molecule has 0 radical (unpaired) electrons. The van der Waals surface area contributed by atoms with Gasteiger partial charge in [-0.1, -0.05) is 13.0 Å². The molecular formula is C20H25N3O2S. The lowest BCUT2D eigenvalue weighted by molar-refractivity contribution is -0.128. The standard InChI is InChI=1S/C20H25N3O2S/c1-4-10-22-19(25)16(18(24)21-20(22)26)11-14-12-23(13(3)5-2)17-9-7-6-8-15(14)17/h4,11-13H,1,5-10H2,2-3H3,(H,21,24,26)/b16-11+. The van der Waals surface area contributed by atoms with E-state index in [4.69, 9.17) is 12.2 Å². The fraction of sp³-hybridized carbons (Fsp3) is 0.450. The number of hydrogen-bond donors (Lipinski definition) is 1. The maximum absolute atomic E-state index is 12.8. The molecule has 2 aliphatic rings. The first-order valence-corrected chi connectivity index (χ1v) is 9.61. The summed E-state index contributed by atoms with van der Waals surface area (Å²) in [6.45, 7) is 8.31. The fourth-order valence-corrected chi connectivity index (χ4v) is 3.90. The van der Waals surface area contributed by atoms with Crippen molar-refractivity contribution >= 4 is 35.2 Å². The van der Waals surface area contributed by atoms with Crippen LogP contribution in [0.15, 0.2) is 24.4 Å². The van der Waals surface area contributed by atoms with E-state index in [1.807, 2.05) is 0 Å². The van der Waals surface area contributed by atoms with Crippen molar-refractivity contribution < 1.29 is 9.59 Å². The Labute approximate surface area is 159 Å². The van der Waals surface area contributed by atoms with E-state index in [-0.39, 0.29) is 23.1 Å². The number of carbonyl (C=O) groups excluding carboxylic acids is 2. The summed E-state index contributed by atoms with van der Waals surface area (Å²) in [5, 5.41) is 2.75. The molecule has 0 spiro atoms. The van der Waals surface area contributed by atoms with E-state index in [1.165, 1.54) is 22.6 Å². The third-order valence-electron chi connectivity index (χ3n) is 5.24. The molecule has 0 saturated carbocycles. The van der Waals surface area contributed by atoms with E-state index in [0.29, 0.717) is 6.04 Å². The number of nitrogens with zero attached hydrogens (tertiary/aromatic N) is 2. The highest BCUT2D eigenvalue weighted by atomic mass is 32.1. The first-order chi connectivity index (χ1) is 12.5. The Bertz CT molecular complexity index is 806. The molecule has 1 aliphatic carbocycles.